The smallest absolute Gasteiger partial charge is 0.759 e. The molecule has 0 aromatic heterocycles. The minimum atomic E-state index is -5.17. The maximum atomic E-state index is 10.4. The number of carboxylic acid groups (broad SMARTS) is 2. The molecule has 0 aliphatic carbocycles. The summed E-state index contributed by atoms with van der Waals surface area (Å²) in [5, 5.41) is 16.4. The number of carbonyl (C=O) groups excluding carboxylic acids is 1. The average Bonchev–Trinajstić information content (AvgIpc) is 2.74. The summed E-state index contributed by atoms with van der Waals surface area (Å²) in [7, 11) is -5.17. The van der Waals surface area contributed by atoms with Gasteiger partial charge in [-0.1, -0.05) is 75.6 Å². The number of rotatable bonds is 9. The molecule has 0 aliphatic heterocycles. The fourth-order valence-corrected chi connectivity index (χ4v) is 1.36. The molecule has 0 saturated carbocycles. The second kappa shape index (κ2) is 28.0. The Morgan fingerprint density at radius 1 is 1.03 bits per heavy atom. The third kappa shape index (κ3) is 42.6. The van der Waals surface area contributed by atoms with Gasteiger partial charge in [-0.2, -0.15) is 0 Å². The number of benzene rings is 1. The maximum absolute atomic E-state index is 10.4. The second-order valence-corrected chi connectivity index (χ2v) is 6.96. The SMILES string of the molecule is C=C(C)C(=O)O.C=C(CC=Cc1ccccc1)C(=O)O.C=CC(=O)OCCCC.O=S(=O)([O-])[O-].[Na+].[Na+]. The van der Waals surface area contributed by atoms with Crippen LogP contribution in [0.15, 0.2) is 73.4 Å². The van der Waals surface area contributed by atoms with E-state index in [1.807, 2.05) is 43.3 Å². The predicted molar refractivity (Wildman–Crippen MR) is 126 cm³/mol. The van der Waals surface area contributed by atoms with Crippen LogP contribution in [0.1, 0.15) is 38.7 Å². The molecular formula is C23H30Na2O10S. The molecule has 0 bridgehead atoms. The zero-order chi connectivity index (χ0) is 27.2. The van der Waals surface area contributed by atoms with Crippen LogP contribution in [0, 0.1) is 0 Å². The van der Waals surface area contributed by atoms with E-state index >= 15 is 0 Å². The van der Waals surface area contributed by atoms with Crippen LogP contribution in [-0.4, -0.2) is 52.3 Å². The molecular weight excluding hydrogens is 514 g/mol. The molecule has 0 atom stereocenters. The van der Waals surface area contributed by atoms with Crippen molar-refractivity contribution in [1.29, 1.82) is 0 Å². The Labute approximate surface area is 257 Å². The largest absolute Gasteiger partial charge is 1.00 e. The van der Waals surface area contributed by atoms with Crippen molar-refractivity contribution >= 4 is 34.4 Å². The summed E-state index contributed by atoms with van der Waals surface area (Å²) in [5.74, 6) is -2.21. The van der Waals surface area contributed by atoms with Crippen molar-refractivity contribution in [2.24, 2.45) is 0 Å². The van der Waals surface area contributed by atoms with Crippen molar-refractivity contribution in [3.8, 4) is 0 Å². The van der Waals surface area contributed by atoms with Gasteiger partial charge in [-0.15, -0.1) is 0 Å². The molecule has 0 radical (unpaired) electrons. The molecule has 1 rings (SSSR count). The molecule has 13 heteroatoms. The van der Waals surface area contributed by atoms with Gasteiger partial charge in [-0.25, -0.2) is 14.4 Å². The summed E-state index contributed by atoms with van der Waals surface area (Å²) in [6.45, 7) is 13.9. The van der Waals surface area contributed by atoms with Crippen LogP contribution in [0.5, 0.6) is 0 Å². The van der Waals surface area contributed by atoms with Crippen LogP contribution >= 0.6 is 0 Å². The van der Waals surface area contributed by atoms with Gasteiger partial charge in [0.2, 0.25) is 0 Å². The summed E-state index contributed by atoms with van der Waals surface area (Å²) in [5.41, 5.74) is 1.44. The minimum Gasteiger partial charge on any atom is -0.759 e. The summed E-state index contributed by atoms with van der Waals surface area (Å²) in [4.78, 5) is 30.4. The number of aliphatic carboxylic acids is 2. The topological polar surface area (TPSA) is 181 Å². The van der Waals surface area contributed by atoms with Crippen LogP contribution < -0.4 is 59.1 Å². The Morgan fingerprint density at radius 3 is 1.81 bits per heavy atom. The normalized spacial score (nSPS) is 9.00. The van der Waals surface area contributed by atoms with Crippen LogP contribution in [0.2, 0.25) is 0 Å². The zero-order valence-corrected chi connectivity index (χ0v) is 26.0. The van der Waals surface area contributed by atoms with E-state index < -0.39 is 22.3 Å². The molecule has 2 N–H and O–H groups in total. The summed E-state index contributed by atoms with van der Waals surface area (Å²) in [6.07, 6.45) is 7.21. The quantitative estimate of drug-likeness (QED) is 0.0847. The monoisotopic (exact) mass is 544 g/mol. The molecule has 10 nitrogen and oxygen atoms in total. The first-order valence-corrected chi connectivity index (χ1v) is 11.0. The minimum absolute atomic E-state index is 0. The molecule has 0 fully saturated rings. The Hall–Kier alpha value is -1.54. The molecule has 1 aromatic carbocycles. The predicted octanol–water partition coefficient (Wildman–Crippen LogP) is -2.44. The molecule has 0 saturated heterocycles. The van der Waals surface area contributed by atoms with Gasteiger partial charge < -0.3 is 24.1 Å². The standard InChI is InChI=1S/C12H12O2.C7H12O2.C4H6O2.2Na.H2O4S/c1-10(12(13)14)6-5-9-11-7-3-2-4-8-11;1-3-5-6-9-7(8)4-2;1-3(2)4(5)6;;;1-5(2,3)4/h2-5,7-9H,1,6H2,(H,13,14);4H,2-3,5-6H2,1H3;1H2,2H3,(H,5,6);;;(H2,1,2,3,4)/q;;;2*+1;/p-2. The van der Waals surface area contributed by atoms with Crippen molar-refractivity contribution in [3.05, 3.63) is 78.9 Å². The summed E-state index contributed by atoms with van der Waals surface area (Å²) >= 11 is 0. The first kappa shape index (κ1) is 44.5. The third-order valence-corrected chi connectivity index (χ3v) is 3.05. The number of esters is 1. The molecule has 0 spiro atoms. The van der Waals surface area contributed by atoms with Gasteiger partial charge in [0, 0.05) is 27.6 Å². The van der Waals surface area contributed by atoms with E-state index in [-0.39, 0.29) is 76.2 Å². The second-order valence-electron chi connectivity index (χ2n) is 6.14. The molecule has 36 heavy (non-hydrogen) atoms. The molecule has 0 heterocycles. The number of hydrogen-bond acceptors (Lipinski definition) is 8. The van der Waals surface area contributed by atoms with E-state index in [2.05, 4.69) is 24.5 Å². The fraction of sp³-hybridized carbons (Fsp3) is 0.261. The van der Waals surface area contributed by atoms with Crippen molar-refractivity contribution < 1.29 is 106 Å². The first-order valence-electron chi connectivity index (χ1n) is 9.62. The van der Waals surface area contributed by atoms with Gasteiger partial charge >= 0.3 is 77.0 Å². The van der Waals surface area contributed by atoms with Gasteiger partial charge in [0.05, 0.1) is 6.61 Å². The van der Waals surface area contributed by atoms with E-state index in [0.29, 0.717) is 13.0 Å². The van der Waals surface area contributed by atoms with Crippen LogP contribution in [0.3, 0.4) is 0 Å². The molecule has 0 amide bonds. The van der Waals surface area contributed by atoms with Gasteiger partial charge in [-0.3, -0.25) is 8.42 Å². The maximum Gasteiger partial charge on any atom is 1.00 e. The Balaban J connectivity index is -0.000000127. The Kier molecular flexibility index (Phi) is 34.6. The van der Waals surface area contributed by atoms with Gasteiger partial charge in [-0.05, 0) is 25.3 Å². The molecule has 190 valence electrons. The molecule has 1 aromatic rings. The first-order chi connectivity index (χ1) is 15.6. The Bertz CT molecular complexity index is 907. The van der Waals surface area contributed by atoms with E-state index in [9.17, 15) is 14.4 Å². The number of carboxylic acids is 2. The van der Waals surface area contributed by atoms with E-state index in [1.54, 1.807) is 6.08 Å². The van der Waals surface area contributed by atoms with Gasteiger partial charge in [0.25, 0.3) is 0 Å². The summed E-state index contributed by atoms with van der Waals surface area (Å²) < 4.78 is 38.8. The van der Waals surface area contributed by atoms with E-state index in [1.165, 1.54) is 13.0 Å². The number of ether oxygens (including phenoxy) is 1. The van der Waals surface area contributed by atoms with Gasteiger partial charge in [0.15, 0.2) is 0 Å². The van der Waals surface area contributed by atoms with Crippen molar-refractivity contribution in [3.63, 3.8) is 0 Å². The van der Waals surface area contributed by atoms with Crippen LogP contribution in [-0.2, 0) is 29.5 Å². The van der Waals surface area contributed by atoms with E-state index in [4.69, 9.17) is 27.7 Å². The average molecular weight is 545 g/mol. The summed E-state index contributed by atoms with van der Waals surface area (Å²) in [6, 6.07) is 9.73. The van der Waals surface area contributed by atoms with Gasteiger partial charge in [0.1, 0.15) is 0 Å². The number of allylic oxidation sites excluding steroid dienone is 1. The zero-order valence-electron chi connectivity index (χ0n) is 21.1. The number of unbranched alkanes of at least 4 members (excludes halogenated alkanes) is 1. The third-order valence-electron chi connectivity index (χ3n) is 3.05. The van der Waals surface area contributed by atoms with Crippen molar-refractivity contribution in [2.45, 2.75) is 33.1 Å². The fourth-order valence-electron chi connectivity index (χ4n) is 1.36. The van der Waals surface area contributed by atoms with Crippen molar-refractivity contribution in [2.75, 3.05) is 6.61 Å². The number of carbonyl (C=O) groups is 3. The van der Waals surface area contributed by atoms with E-state index in [0.717, 1.165) is 18.4 Å². The Morgan fingerprint density at radius 2 is 1.47 bits per heavy atom. The molecule has 0 aliphatic rings. The molecule has 0 unspecified atom stereocenters. The van der Waals surface area contributed by atoms with Crippen LogP contribution in [0.25, 0.3) is 6.08 Å². The number of hydrogen-bond donors (Lipinski definition) is 2. The van der Waals surface area contributed by atoms with Crippen molar-refractivity contribution in [1.82, 2.24) is 0 Å². The van der Waals surface area contributed by atoms with Crippen LogP contribution in [0.4, 0.5) is 0 Å².